The molecule has 6 rings (SSSR count). The Morgan fingerprint density at radius 2 is 1.10 bits per heavy atom. The molecule has 0 spiro atoms. The summed E-state index contributed by atoms with van der Waals surface area (Å²) in [5, 5.41) is 23.2. The fourth-order valence-electron chi connectivity index (χ4n) is 6.63. The maximum Gasteiger partial charge on any atom is 0.416 e. The molecule has 0 aromatic heterocycles. The van der Waals surface area contributed by atoms with Gasteiger partial charge in [0.15, 0.2) is 11.6 Å². The van der Waals surface area contributed by atoms with E-state index >= 15 is 8.78 Å². The molecular formula is C33H26Cl2F5N5O4. The molecule has 256 valence electrons. The Kier molecular flexibility index (Phi) is 9.29. The number of alkyl halides is 3. The average molecular weight is 722 g/mol. The van der Waals surface area contributed by atoms with E-state index in [-0.39, 0.29) is 45.9 Å². The third-order valence-corrected chi connectivity index (χ3v) is 9.58. The van der Waals surface area contributed by atoms with Crippen molar-refractivity contribution in [3.05, 3.63) is 131 Å². The van der Waals surface area contributed by atoms with Crippen LogP contribution in [0.5, 0.6) is 0 Å². The van der Waals surface area contributed by atoms with E-state index in [1.165, 1.54) is 53.4 Å². The summed E-state index contributed by atoms with van der Waals surface area (Å²) in [6.45, 7) is 0.970. The predicted molar refractivity (Wildman–Crippen MR) is 176 cm³/mol. The highest BCUT2D eigenvalue weighted by molar-refractivity contribution is 6.33. The van der Waals surface area contributed by atoms with Crippen LogP contribution in [0.4, 0.5) is 50.4 Å². The zero-order chi connectivity index (χ0) is 35.2. The molecule has 2 saturated heterocycles. The van der Waals surface area contributed by atoms with Gasteiger partial charge in [-0.05, 0) is 72.5 Å². The number of benzene rings is 4. The Hall–Kier alpha value is -4.69. The van der Waals surface area contributed by atoms with E-state index in [4.69, 9.17) is 23.2 Å². The lowest BCUT2D eigenvalue weighted by molar-refractivity contribution is -0.384. The minimum Gasteiger partial charge on any atom is -0.368 e. The van der Waals surface area contributed by atoms with Gasteiger partial charge in [-0.3, -0.25) is 20.2 Å². The molecule has 0 bridgehead atoms. The summed E-state index contributed by atoms with van der Waals surface area (Å²) in [6, 6.07) is 14.4. The molecule has 49 heavy (non-hydrogen) atoms. The molecule has 0 radical (unpaired) electrons. The molecule has 2 aliphatic rings. The van der Waals surface area contributed by atoms with Crippen LogP contribution in [0.1, 0.15) is 41.6 Å². The molecule has 0 unspecified atom stereocenters. The van der Waals surface area contributed by atoms with Gasteiger partial charge >= 0.3 is 6.18 Å². The van der Waals surface area contributed by atoms with Crippen LogP contribution in [0.25, 0.3) is 0 Å². The summed E-state index contributed by atoms with van der Waals surface area (Å²) >= 11 is 12.1. The van der Waals surface area contributed by atoms with Crippen molar-refractivity contribution >= 4 is 51.6 Å². The number of anilines is 3. The molecule has 2 atom stereocenters. The van der Waals surface area contributed by atoms with E-state index in [1.807, 2.05) is 4.90 Å². The number of rotatable bonds is 7. The number of halogens is 7. The number of piperazine rings is 1. The summed E-state index contributed by atoms with van der Waals surface area (Å²) in [7, 11) is 0. The molecule has 2 heterocycles. The minimum absolute atomic E-state index is 0.0805. The largest absolute Gasteiger partial charge is 0.416 e. The maximum atomic E-state index is 16.0. The van der Waals surface area contributed by atoms with Crippen molar-refractivity contribution in [2.24, 2.45) is 0 Å². The zero-order valence-electron chi connectivity index (χ0n) is 25.3. The average Bonchev–Trinajstić information content (AvgIpc) is 3.50. The third kappa shape index (κ3) is 6.79. The molecule has 2 aliphatic heterocycles. The first-order valence-electron chi connectivity index (χ1n) is 15.0. The van der Waals surface area contributed by atoms with Gasteiger partial charge in [-0.25, -0.2) is 8.78 Å². The highest BCUT2D eigenvalue weighted by atomic mass is 35.5. The Labute approximate surface area is 286 Å². The summed E-state index contributed by atoms with van der Waals surface area (Å²) < 4.78 is 70.9. The van der Waals surface area contributed by atoms with E-state index < -0.39 is 45.3 Å². The SMILES string of the molecule is O=[N+]([O-])c1cc([C@H]2CC[C@H](c3ccc(Cl)c([N+](=O)[O-])c3)N2c2cc(F)c(N3CCN(c4ccc(C(F)(F)F)cc4)CC3)c(F)c2)ccc1Cl. The van der Waals surface area contributed by atoms with Gasteiger partial charge in [0.1, 0.15) is 15.7 Å². The highest BCUT2D eigenvalue weighted by Gasteiger charge is 2.38. The van der Waals surface area contributed by atoms with E-state index in [0.717, 1.165) is 12.1 Å². The number of hydrogen-bond donors (Lipinski definition) is 0. The van der Waals surface area contributed by atoms with E-state index in [2.05, 4.69) is 0 Å². The fraction of sp³-hybridized carbons (Fsp3) is 0.273. The molecule has 9 nitrogen and oxygen atoms in total. The van der Waals surface area contributed by atoms with Crippen molar-refractivity contribution in [3.63, 3.8) is 0 Å². The van der Waals surface area contributed by atoms with Gasteiger partial charge in [0.05, 0.1) is 27.5 Å². The zero-order valence-corrected chi connectivity index (χ0v) is 26.9. The lowest BCUT2D eigenvalue weighted by Crippen LogP contribution is -2.47. The Bertz CT molecular complexity index is 1830. The first kappa shape index (κ1) is 34.2. The molecule has 0 aliphatic carbocycles. The molecule has 2 fully saturated rings. The van der Waals surface area contributed by atoms with Gasteiger partial charge in [0.2, 0.25) is 0 Å². The van der Waals surface area contributed by atoms with Crippen molar-refractivity contribution < 1.29 is 31.8 Å². The van der Waals surface area contributed by atoms with Crippen molar-refractivity contribution in [3.8, 4) is 0 Å². The third-order valence-electron chi connectivity index (χ3n) is 8.94. The van der Waals surface area contributed by atoms with Crippen LogP contribution < -0.4 is 14.7 Å². The number of nitro benzene ring substituents is 2. The molecule has 0 amide bonds. The minimum atomic E-state index is -4.47. The van der Waals surface area contributed by atoms with Crippen molar-refractivity contribution in [2.45, 2.75) is 31.1 Å². The van der Waals surface area contributed by atoms with Crippen LogP contribution in [0.15, 0.2) is 72.8 Å². The van der Waals surface area contributed by atoms with Gasteiger partial charge in [-0.2, -0.15) is 13.2 Å². The van der Waals surface area contributed by atoms with Crippen LogP contribution in [-0.4, -0.2) is 36.0 Å². The molecule has 4 aromatic carbocycles. The summed E-state index contributed by atoms with van der Waals surface area (Å²) in [5.41, 5.74) is -0.124. The smallest absolute Gasteiger partial charge is 0.368 e. The second-order valence-corrected chi connectivity index (χ2v) is 12.5. The number of nitrogens with zero attached hydrogens (tertiary/aromatic N) is 5. The number of nitro groups is 2. The molecule has 16 heteroatoms. The first-order valence-corrected chi connectivity index (χ1v) is 15.8. The molecule has 0 saturated carbocycles. The van der Waals surface area contributed by atoms with E-state index in [9.17, 15) is 33.4 Å². The Morgan fingerprint density at radius 1 is 0.653 bits per heavy atom. The normalized spacial score (nSPS) is 18.2. The monoisotopic (exact) mass is 721 g/mol. The van der Waals surface area contributed by atoms with Gasteiger partial charge < -0.3 is 14.7 Å². The van der Waals surface area contributed by atoms with Crippen LogP contribution in [-0.2, 0) is 6.18 Å². The number of hydrogen-bond acceptors (Lipinski definition) is 7. The van der Waals surface area contributed by atoms with E-state index in [0.29, 0.717) is 42.7 Å². The lowest BCUT2D eigenvalue weighted by Gasteiger charge is -2.38. The van der Waals surface area contributed by atoms with E-state index in [1.54, 1.807) is 17.0 Å². The Balaban J connectivity index is 1.32. The van der Waals surface area contributed by atoms with Crippen LogP contribution in [0.3, 0.4) is 0 Å². The lowest BCUT2D eigenvalue weighted by atomic mass is 10.0. The second kappa shape index (κ2) is 13.3. The summed E-state index contributed by atoms with van der Waals surface area (Å²) in [4.78, 5) is 27.1. The van der Waals surface area contributed by atoms with Crippen molar-refractivity contribution in [2.75, 3.05) is 40.9 Å². The fourth-order valence-corrected chi connectivity index (χ4v) is 7.01. The standard InChI is InChI=1S/C33H26Cl2F5N5O4/c34-24-7-1-19(15-30(24)44(46)47)28-9-10-29(20-2-8-25(35)31(16-20)45(48)49)43(28)23-17-26(36)32(27(37)18-23)42-13-11-41(12-14-42)22-5-3-21(4-6-22)33(38,39)40/h1-8,15-18,28-29H,9-14H2/t28-,29-/m1/s1. The molecule has 0 N–H and O–H groups in total. The maximum absolute atomic E-state index is 16.0. The van der Waals surface area contributed by atoms with Crippen LogP contribution in [0, 0.1) is 31.9 Å². The van der Waals surface area contributed by atoms with Crippen LogP contribution in [0.2, 0.25) is 10.0 Å². The summed E-state index contributed by atoms with van der Waals surface area (Å²) in [6.07, 6.45) is -3.69. The highest BCUT2D eigenvalue weighted by Crippen LogP contribution is 2.49. The summed E-state index contributed by atoms with van der Waals surface area (Å²) in [5.74, 6) is -1.74. The quantitative estimate of drug-likeness (QED) is 0.107. The molecular weight excluding hydrogens is 696 g/mol. The molecule has 4 aromatic rings. The van der Waals surface area contributed by atoms with Crippen molar-refractivity contribution in [1.29, 1.82) is 0 Å². The van der Waals surface area contributed by atoms with Gasteiger partial charge in [-0.15, -0.1) is 0 Å². The van der Waals surface area contributed by atoms with Gasteiger partial charge in [-0.1, -0.05) is 35.3 Å². The topological polar surface area (TPSA) is 96.0 Å². The first-order chi connectivity index (χ1) is 23.2. The second-order valence-electron chi connectivity index (χ2n) is 11.7. The van der Waals surface area contributed by atoms with Crippen molar-refractivity contribution in [1.82, 2.24) is 0 Å². The van der Waals surface area contributed by atoms with Crippen LogP contribution >= 0.6 is 23.2 Å². The Morgan fingerprint density at radius 3 is 1.53 bits per heavy atom. The predicted octanol–water partition coefficient (Wildman–Crippen LogP) is 9.52. The van der Waals surface area contributed by atoms with Gasteiger partial charge in [0.25, 0.3) is 11.4 Å². The van der Waals surface area contributed by atoms with Gasteiger partial charge in [0, 0.05) is 49.7 Å².